The maximum absolute atomic E-state index is 11.2. The van der Waals surface area contributed by atoms with Gasteiger partial charge in [0.2, 0.25) is 0 Å². The van der Waals surface area contributed by atoms with Crippen LogP contribution in [0.5, 0.6) is 0 Å². The summed E-state index contributed by atoms with van der Waals surface area (Å²) in [4.78, 5) is 16.8. The van der Waals surface area contributed by atoms with E-state index in [1.165, 1.54) is 5.56 Å². The van der Waals surface area contributed by atoms with E-state index in [2.05, 4.69) is 49.0 Å². The Bertz CT molecular complexity index is 597. The number of H-pyrrole nitrogens is 2. The summed E-state index contributed by atoms with van der Waals surface area (Å²) in [7, 11) is 0. The second-order valence-electron chi connectivity index (χ2n) is 5.74. The van der Waals surface area contributed by atoms with E-state index >= 15 is 0 Å². The first-order chi connectivity index (χ1) is 8.97. The predicted molar refractivity (Wildman–Crippen MR) is 79.3 cm³/mol. The third kappa shape index (κ3) is 3.26. The van der Waals surface area contributed by atoms with Gasteiger partial charge < -0.3 is 15.3 Å². The minimum absolute atomic E-state index is 0.152. The van der Waals surface area contributed by atoms with Crippen LogP contribution in [-0.4, -0.2) is 16.5 Å². The normalized spacial score (nSPS) is 15.0. The lowest BCUT2D eigenvalue weighted by Gasteiger charge is -2.20. The number of rotatable bonds is 5. The van der Waals surface area contributed by atoms with E-state index in [1.54, 1.807) is 0 Å². The average molecular weight is 261 g/mol. The van der Waals surface area contributed by atoms with Crippen LogP contribution in [0.4, 0.5) is 0 Å². The smallest absolute Gasteiger partial charge is 0.310 e. The lowest BCUT2D eigenvalue weighted by atomic mass is 9.97. The first kappa shape index (κ1) is 13.9. The van der Waals surface area contributed by atoms with Crippen LogP contribution in [0.3, 0.4) is 0 Å². The first-order valence-corrected chi connectivity index (χ1v) is 6.92. The molecule has 0 radical (unpaired) electrons. The molecule has 3 N–H and O–H groups in total. The highest BCUT2D eigenvalue weighted by Gasteiger charge is 2.11. The molecule has 0 aliphatic rings. The van der Waals surface area contributed by atoms with Gasteiger partial charge in [0.25, 0.3) is 0 Å². The Labute approximate surface area is 113 Å². The van der Waals surface area contributed by atoms with Gasteiger partial charge >= 0.3 is 5.69 Å². The zero-order chi connectivity index (χ0) is 14.0. The predicted octanol–water partition coefficient (Wildman–Crippen LogP) is 2.80. The van der Waals surface area contributed by atoms with Gasteiger partial charge in [-0.25, -0.2) is 4.79 Å². The molecule has 4 nitrogen and oxygen atoms in total. The van der Waals surface area contributed by atoms with Crippen LogP contribution in [-0.2, 0) is 0 Å². The Kier molecular flexibility index (Phi) is 4.10. The molecular formula is C15H23N3O. The first-order valence-electron chi connectivity index (χ1n) is 6.92. The summed E-state index contributed by atoms with van der Waals surface area (Å²) < 4.78 is 0. The molecule has 104 valence electrons. The lowest BCUT2D eigenvalue weighted by Crippen LogP contribution is -2.26. The summed E-state index contributed by atoms with van der Waals surface area (Å²) in [6.45, 7) is 9.90. The number of imidazole rings is 1. The van der Waals surface area contributed by atoms with Crippen LogP contribution >= 0.6 is 0 Å². The largest absolute Gasteiger partial charge is 0.323 e. The zero-order valence-electron chi connectivity index (χ0n) is 12.1. The van der Waals surface area contributed by atoms with Crippen LogP contribution in [0.15, 0.2) is 23.0 Å². The van der Waals surface area contributed by atoms with E-state index in [0.29, 0.717) is 11.8 Å². The van der Waals surface area contributed by atoms with Gasteiger partial charge in [0.05, 0.1) is 11.0 Å². The van der Waals surface area contributed by atoms with Crippen molar-refractivity contribution >= 4 is 11.0 Å². The van der Waals surface area contributed by atoms with Crippen molar-refractivity contribution in [1.29, 1.82) is 0 Å². The van der Waals surface area contributed by atoms with Crippen LogP contribution in [0.25, 0.3) is 11.0 Å². The maximum Gasteiger partial charge on any atom is 0.323 e. The molecule has 2 atom stereocenters. The Morgan fingerprint density at radius 2 is 1.79 bits per heavy atom. The SMILES string of the molecule is CC(NCC(C)C(C)C)c1ccc2[nH]c(=O)[nH]c2c1. The van der Waals surface area contributed by atoms with Gasteiger partial charge in [-0.3, -0.25) is 0 Å². The summed E-state index contributed by atoms with van der Waals surface area (Å²) in [5.41, 5.74) is 2.77. The van der Waals surface area contributed by atoms with Crippen LogP contribution < -0.4 is 11.0 Å². The van der Waals surface area contributed by atoms with Crippen molar-refractivity contribution in [2.45, 2.75) is 33.7 Å². The second-order valence-corrected chi connectivity index (χ2v) is 5.74. The van der Waals surface area contributed by atoms with Crippen molar-refractivity contribution in [3.05, 3.63) is 34.2 Å². The van der Waals surface area contributed by atoms with Crippen molar-refractivity contribution in [3.63, 3.8) is 0 Å². The van der Waals surface area contributed by atoms with Gasteiger partial charge in [-0.15, -0.1) is 0 Å². The highest BCUT2D eigenvalue weighted by molar-refractivity contribution is 5.75. The average Bonchev–Trinajstić information content (AvgIpc) is 2.74. The topological polar surface area (TPSA) is 60.7 Å². The molecule has 0 bridgehead atoms. The van der Waals surface area contributed by atoms with E-state index in [9.17, 15) is 4.79 Å². The van der Waals surface area contributed by atoms with Crippen molar-refractivity contribution in [1.82, 2.24) is 15.3 Å². The fraction of sp³-hybridized carbons (Fsp3) is 0.533. The Balaban J connectivity index is 2.08. The second kappa shape index (κ2) is 5.61. The zero-order valence-corrected chi connectivity index (χ0v) is 12.1. The van der Waals surface area contributed by atoms with Crippen molar-refractivity contribution in [2.75, 3.05) is 6.54 Å². The van der Waals surface area contributed by atoms with Gasteiger partial charge in [-0.05, 0) is 43.0 Å². The van der Waals surface area contributed by atoms with E-state index in [0.717, 1.165) is 17.6 Å². The number of hydrogen-bond donors (Lipinski definition) is 3. The van der Waals surface area contributed by atoms with Crippen LogP contribution in [0.1, 0.15) is 39.3 Å². The summed E-state index contributed by atoms with van der Waals surface area (Å²) in [5, 5.41) is 3.55. The lowest BCUT2D eigenvalue weighted by molar-refractivity contribution is 0.375. The Morgan fingerprint density at radius 1 is 1.11 bits per heavy atom. The van der Waals surface area contributed by atoms with Gasteiger partial charge in [-0.2, -0.15) is 0 Å². The van der Waals surface area contributed by atoms with Gasteiger partial charge in [0.1, 0.15) is 0 Å². The number of nitrogens with one attached hydrogen (secondary N) is 3. The summed E-state index contributed by atoms with van der Waals surface area (Å²) >= 11 is 0. The molecule has 0 fully saturated rings. The summed E-state index contributed by atoms with van der Waals surface area (Å²) in [6, 6.07) is 6.32. The number of aromatic amines is 2. The quantitative estimate of drug-likeness (QED) is 0.775. The van der Waals surface area contributed by atoms with Crippen molar-refractivity contribution in [2.24, 2.45) is 11.8 Å². The van der Waals surface area contributed by atoms with E-state index < -0.39 is 0 Å². The molecule has 0 amide bonds. The molecule has 0 aliphatic heterocycles. The molecule has 19 heavy (non-hydrogen) atoms. The molecule has 0 aliphatic carbocycles. The fourth-order valence-corrected chi connectivity index (χ4v) is 2.04. The monoisotopic (exact) mass is 261 g/mol. The molecule has 4 heteroatoms. The molecule has 1 aromatic heterocycles. The van der Waals surface area contributed by atoms with E-state index in [-0.39, 0.29) is 11.7 Å². The number of fused-ring (bicyclic) bond motifs is 1. The number of hydrogen-bond acceptors (Lipinski definition) is 2. The van der Waals surface area contributed by atoms with Crippen molar-refractivity contribution in [3.8, 4) is 0 Å². The third-order valence-electron chi connectivity index (χ3n) is 3.92. The Morgan fingerprint density at radius 3 is 2.47 bits per heavy atom. The highest BCUT2D eigenvalue weighted by atomic mass is 16.1. The molecule has 0 saturated carbocycles. The fourth-order valence-electron chi connectivity index (χ4n) is 2.04. The van der Waals surface area contributed by atoms with Gasteiger partial charge in [-0.1, -0.05) is 26.8 Å². The number of aromatic nitrogens is 2. The molecule has 2 rings (SSSR count). The summed E-state index contributed by atoms with van der Waals surface area (Å²) in [5.74, 6) is 1.33. The third-order valence-corrected chi connectivity index (χ3v) is 3.92. The molecule has 0 spiro atoms. The molecule has 0 saturated heterocycles. The van der Waals surface area contributed by atoms with Crippen molar-refractivity contribution < 1.29 is 0 Å². The van der Waals surface area contributed by atoms with E-state index in [4.69, 9.17) is 0 Å². The van der Waals surface area contributed by atoms with Gasteiger partial charge in [0, 0.05) is 6.04 Å². The van der Waals surface area contributed by atoms with Crippen LogP contribution in [0.2, 0.25) is 0 Å². The van der Waals surface area contributed by atoms with Crippen LogP contribution in [0, 0.1) is 11.8 Å². The molecule has 2 unspecified atom stereocenters. The Hall–Kier alpha value is -1.55. The molecule has 2 aromatic rings. The van der Waals surface area contributed by atoms with E-state index in [1.807, 2.05) is 12.1 Å². The maximum atomic E-state index is 11.2. The molecule has 1 aromatic carbocycles. The molecular weight excluding hydrogens is 238 g/mol. The summed E-state index contributed by atoms with van der Waals surface area (Å²) in [6.07, 6.45) is 0. The minimum Gasteiger partial charge on any atom is -0.310 e. The highest BCUT2D eigenvalue weighted by Crippen LogP contribution is 2.18. The van der Waals surface area contributed by atoms with Gasteiger partial charge in [0.15, 0.2) is 0 Å². The molecule has 1 heterocycles. The minimum atomic E-state index is -0.152. The standard InChI is InChI=1S/C15H23N3O/c1-9(2)10(3)8-16-11(4)12-5-6-13-14(7-12)18-15(19)17-13/h5-7,9-11,16H,8H2,1-4H3,(H2,17,18,19). The number of benzene rings is 1.